The molecule has 2 aromatic heterocycles. The molecule has 0 aliphatic heterocycles. The standard InChI is InChI=1S/C19H20BN3O3/c1-19(2,20)23-15(8-10-22-23)18-13(5-4-9-21-18)12-26-17-7-3-6-16(25)14(17)11-24/h3-11,25H,12,20H2,1-2H3. The largest absolute Gasteiger partial charge is 0.507 e. The number of carbonyl (C=O) groups excluding carboxylic acids is 1. The van der Waals surface area contributed by atoms with Gasteiger partial charge in [0.25, 0.3) is 0 Å². The summed E-state index contributed by atoms with van der Waals surface area (Å²) in [6.07, 6.45) is 4.06. The zero-order chi connectivity index (χ0) is 18.7. The average Bonchev–Trinajstić information content (AvgIpc) is 3.10. The van der Waals surface area contributed by atoms with E-state index in [0.29, 0.717) is 12.0 Å². The van der Waals surface area contributed by atoms with Gasteiger partial charge in [0.2, 0.25) is 0 Å². The first-order valence-electron chi connectivity index (χ1n) is 8.30. The smallest absolute Gasteiger partial charge is 0.157 e. The second kappa shape index (κ2) is 7.03. The second-order valence-corrected chi connectivity index (χ2v) is 6.91. The van der Waals surface area contributed by atoms with Gasteiger partial charge in [-0.3, -0.25) is 14.5 Å². The van der Waals surface area contributed by atoms with E-state index in [1.165, 1.54) is 6.07 Å². The molecule has 0 spiro atoms. The molecule has 1 N–H and O–H groups in total. The molecule has 1 aromatic carbocycles. The highest BCUT2D eigenvalue weighted by Crippen LogP contribution is 2.29. The molecule has 0 radical (unpaired) electrons. The van der Waals surface area contributed by atoms with Crippen LogP contribution in [0.4, 0.5) is 0 Å². The van der Waals surface area contributed by atoms with E-state index in [1.54, 1.807) is 24.5 Å². The van der Waals surface area contributed by atoms with E-state index in [1.807, 2.05) is 22.9 Å². The van der Waals surface area contributed by atoms with E-state index < -0.39 is 0 Å². The van der Waals surface area contributed by atoms with Crippen molar-refractivity contribution in [2.24, 2.45) is 0 Å². The number of carbonyl (C=O) groups is 1. The maximum Gasteiger partial charge on any atom is 0.157 e. The van der Waals surface area contributed by atoms with Gasteiger partial charge in [0.15, 0.2) is 6.29 Å². The van der Waals surface area contributed by atoms with E-state index in [-0.39, 0.29) is 23.4 Å². The molecule has 0 amide bonds. The minimum Gasteiger partial charge on any atom is -0.507 e. The van der Waals surface area contributed by atoms with Gasteiger partial charge in [-0.25, -0.2) is 0 Å². The lowest BCUT2D eigenvalue weighted by Gasteiger charge is -2.23. The van der Waals surface area contributed by atoms with Crippen molar-refractivity contribution in [1.29, 1.82) is 0 Å². The van der Waals surface area contributed by atoms with Crippen LogP contribution < -0.4 is 4.74 Å². The van der Waals surface area contributed by atoms with Crippen molar-refractivity contribution in [3.63, 3.8) is 0 Å². The van der Waals surface area contributed by atoms with Gasteiger partial charge in [0.05, 0.1) is 17.0 Å². The Hall–Kier alpha value is -3.09. The first kappa shape index (κ1) is 17.7. The van der Waals surface area contributed by atoms with Crippen molar-refractivity contribution in [1.82, 2.24) is 14.8 Å². The molecule has 2 heterocycles. The highest BCUT2D eigenvalue weighted by Gasteiger charge is 2.21. The van der Waals surface area contributed by atoms with Crippen molar-refractivity contribution >= 4 is 14.1 Å². The average molecular weight is 349 g/mol. The van der Waals surface area contributed by atoms with E-state index >= 15 is 0 Å². The topological polar surface area (TPSA) is 77.2 Å². The third-order valence-corrected chi connectivity index (χ3v) is 3.96. The van der Waals surface area contributed by atoms with Crippen molar-refractivity contribution in [3.8, 4) is 22.9 Å². The van der Waals surface area contributed by atoms with Crippen LogP contribution in [0.15, 0.2) is 48.8 Å². The molecular formula is C19H20BN3O3. The number of aldehydes is 1. The fourth-order valence-corrected chi connectivity index (χ4v) is 2.74. The molecule has 3 rings (SSSR count). The van der Waals surface area contributed by atoms with Gasteiger partial charge in [0.1, 0.15) is 26.0 Å². The Morgan fingerprint density at radius 1 is 1.23 bits per heavy atom. The van der Waals surface area contributed by atoms with Gasteiger partial charge in [-0.1, -0.05) is 12.1 Å². The summed E-state index contributed by atoms with van der Waals surface area (Å²) >= 11 is 0. The fraction of sp³-hybridized carbons (Fsp3) is 0.211. The number of phenolic OH excluding ortho intramolecular Hbond substituents is 1. The van der Waals surface area contributed by atoms with E-state index in [4.69, 9.17) is 4.74 Å². The Morgan fingerprint density at radius 3 is 2.77 bits per heavy atom. The molecule has 0 bridgehead atoms. The Bertz CT molecular complexity index is 932. The van der Waals surface area contributed by atoms with Crippen molar-refractivity contribution in [3.05, 3.63) is 59.9 Å². The number of phenols is 1. The minimum atomic E-state index is -0.190. The first-order chi connectivity index (χ1) is 12.4. The number of nitrogens with zero attached hydrogens (tertiary/aromatic N) is 3. The molecule has 0 saturated heterocycles. The summed E-state index contributed by atoms with van der Waals surface area (Å²) in [5.74, 6) is 0.230. The lowest BCUT2D eigenvalue weighted by Crippen LogP contribution is -2.28. The minimum absolute atomic E-state index is 0.102. The Labute approximate surface area is 152 Å². The molecule has 0 aliphatic rings. The summed E-state index contributed by atoms with van der Waals surface area (Å²) < 4.78 is 7.72. The fourth-order valence-electron chi connectivity index (χ4n) is 2.74. The number of hydrogen-bond acceptors (Lipinski definition) is 5. The summed E-state index contributed by atoms with van der Waals surface area (Å²) in [5, 5.41) is 14.2. The molecule has 3 aromatic rings. The molecule has 132 valence electrons. The van der Waals surface area contributed by atoms with Gasteiger partial charge >= 0.3 is 0 Å². The van der Waals surface area contributed by atoms with Gasteiger partial charge in [0, 0.05) is 23.4 Å². The van der Waals surface area contributed by atoms with Gasteiger partial charge < -0.3 is 9.84 Å². The number of rotatable bonds is 6. The first-order valence-corrected chi connectivity index (χ1v) is 8.30. The maximum absolute atomic E-state index is 11.2. The predicted octanol–water partition coefficient (Wildman–Crippen LogP) is 2.37. The van der Waals surface area contributed by atoms with Crippen molar-refractivity contribution < 1.29 is 14.6 Å². The summed E-state index contributed by atoms with van der Waals surface area (Å²) in [6, 6.07) is 10.4. The zero-order valence-corrected chi connectivity index (χ0v) is 15.0. The van der Waals surface area contributed by atoms with Gasteiger partial charge in [-0.2, -0.15) is 5.10 Å². The predicted molar refractivity (Wildman–Crippen MR) is 101 cm³/mol. The number of benzene rings is 1. The summed E-state index contributed by atoms with van der Waals surface area (Å²) in [4.78, 5) is 15.7. The maximum atomic E-state index is 11.2. The number of pyridine rings is 1. The van der Waals surface area contributed by atoms with Crippen LogP contribution in [0.1, 0.15) is 29.8 Å². The molecule has 6 nitrogen and oxygen atoms in total. The monoisotopic (exact) mass is 349 g/mol. The molecular weight excluding hydrogens is 329 g/mol. The molecule has 0 saturated carbocycles. The number of aromatic nitrogens is 3. The van der Waals surface area contributed by atoms with E-state index in [9.17, 15) is 9.90 Å². The SMILES string of the molecule is BC(C)(C)n1nccc1-c1ncccc1COc1cccc(O)c1C=O. The van der Waals surface area contributed by atoms with Crippen molar-refractivity contribution in [2.75, 3.05) is 0 Å². The van der Waals surface area contributed by atoms with Gasteiger partial charge in [-0.05, 0) is 38.1 Å². The highest BCUT2D eigenvalue weighted by molar-refractivity contribution is 6.13. The van der Waals surface area contributed by atoms with Crippen LogP contribution in [-0.4, -0.2) is 34.0 Å². The molecule has 7 heteroatoms. The van der Waals surface area contributed by atoms with Crippen molar-refractivity contribution in [2.45, 2.75) is 25.9 Å². The highest BCUT2D eigenvalue weighted by atomic mass is 16.5. The summed E-state index contributed by atoms with van der Waals surface area (Å²) in [7, 11) is 2.08. The summed E-state index contributed by atoms with van der Waals surface area (Å²) in [6.45, 7) is 4.36. The van der Waals surface area contributed by atoms with E-state index in [2.05, 4.69) is 31.8 Å². The lowest BCUT2D eigenvalue weighted by molar-refractivity contribution is 0.111. The van der Waals surface area contributed by atoms with Crippen LogP contribution in [0.5, 0.6) is 11.5 Å². The number of aromatic hydroxyl groups is 1. The summed E-state index contributed by atoms with van der Waals surface area (Å²) in [5.41, 5.74) is 2.47. The van der Waals surface area contributed by atoms with E-state index in [0.717, 1.165) is 17.0 Å². The number of hydrogen-bond donors (Lipinski definition) is 1. The molecule has 0 aliphatic carbocycles. The third kappa shape index (κ3) is 3.47. The zero-order valence-electron chi connectivity index (χ0n) is 15.0. The third-order valence-electron chi connectivity index (χ3n) is 3.96. The van der Waals surface area contributed by atoms with Crippen LogP contribution in [0, 0.1) is 0 Å². The number of ether oxygens (including phenoxy) is 1. The molecule has 0 atom stereocenters. The Kier molecular flexibility index (Phi) is 4.80. The Morgan fingerprint density at radius 2 is 2.04 bits per heavy atom. The van der Waals surface area contributed by atoms with Gasteiger partial charge in [-0.15, -0.1) is 0 Å². The Balaban J connectivity index is 1.94. The molecule has 0 fully saturated rings. The van der Waals surface area contributed by atoms with Crippen LogP contribution >= 0.6 is 0 Å². The second-order valence-electron chi connectivity index (χ2n) is 6.91. The quantitative estimate of drug-likeness (QED) is 0.546. The van der Waals surface area contributed by atoms with Crippen LogP contribution in [-0.2, 0) is 12.0 Å². The van der Waals surface area contributed by atoms with Crippen LogP contribution in [0.3, 0.4) is 0 Å². The molecule has 26 heavy (non-hydrogen) atoms. The molecule has 0 unspecified atom stereocenters. The lowest BCUT2D eigenvalue weighted by atomic mass is 9.81. The van der Waals surface area contributed by atoms with Crippen LogP contribution in [0.2, 0.25) is 0 Å². The normalized spacial score (nSPS) is 11.3. The van der Waals surface area contributed by atoms with Crippen LogP contribution in [0.25, 0.3) is 11.4 Å².